The van der Waals surface area contributed by atoms with Crippen LogP contribution in [0.25, 0.3) is 0 Å². The third-order valence-corrected chi connectivity index (χ3v) is 5.75. The molecule has 0 N–H and O–H groups in total. The fourth-order valence-corrected chi connectivity index (χ4v) is 4.14. The van der Waals surface area contributed by atoms with Crippen molar-refractivity contribution in [2.75, 3.05) is 32.9 Å². The minimum absolute atomic E-state index is 0.201. The van der Waals surface area contributed by atoms with E-state index in [1.807, 2.05) is 12.1 Å². The SMILES string of the molecule is N#Cc1cccc(OCCCN2CCCCC2c2nnc(C3CCOCC3)o2)c1. The van der Waals surface area contributed by atoms with Crippen LogP contribution < -0.4 is 4.74 Å². The number of hydrogen-bond acceptors (Lipinski definition) is 7. The van der Waals surface area contributed by atoms with E-state index in [1.165, 1.54) is 12.8 Å². The quantitative estimate of drug-likeness (QED) is 0.658. The number of benzene rings is 1. The van der Waals surface area contributed by atoms with Crippen LogP contribution in [-0.4, -0.2) is 48.0 Å². The van der Waals surface area contributed by atoms with E-state index in [0.29, 0.717) is 18.1 Å². The van der Waals surface area contributed by atoms with Crippen molar-refractivity contribution in [3.63, 3.8) is 0 Å². The highest BCUT2D eigenvalue weighted by molar-refractivity contribution is 5.36. The molecule has 3 heterocycles. The number of nitriles is 1. The summed E-state index contributed by atoms with van der Waals surface area (Å²) >= 11 is 0. The maximum atomic E-state index is 8.99. The highest BCUT2D eigenvalue weighted by atomic mass is 16.5. The summed E-state index contributed by atoms with van der Waals surface area (Å²) in [6, 6.07) is 9.64. The Morgan fingerprint density at radius 2 is 2.00 bits per heavy atom. The number of piperidine rings is 1. The Labute approximate surface area is 171 Å². The van der Waals surface area contributed by atoms with Crippen LogP contribution in [0.2, 0.25) is 0 Å². The van der Waals surface area contributed by atoms with Crippen LogP contribution in [0.1, 0.15) is 67.8 Å². The van der Waals surface area contributed by atoms with Crippen LogP contribution in [0.3, 0.4) is 0 Å². The monoisotopic (exact) mass is 396 g/mol. The Morgan fingerprint density at radius 3 is 2.86 bits per heavy atom. The van der Waals surface area contributed by atoms with Crippen molar-refractivity contribution >= 4 is 0 Å². The van der Waals surface area contributed by atoms with Gasteiger partial charge < -0.3 is 13.9 Å². The summed E-state index contributed by atoms with van der Waals surface area (Å²) in [4.78, 5) is 2.44. The van der Waals surface area contributed by atoms with Crippen LogP contribution in [0.4, 0.5) is 0 Å². The predicted octanol–water partition coefficient (Wildman–Crippen LogP) is 3.83. The average molecular weight is 396 g/mol. The van der Waals surface area contributed by atoms with Crippen molar-refractivity contribution < 1.29 is 13.9 Å². The van der Waals surface area contributed by atoms with Gasteiger partial charge in [0.25, 0.3) is 0 Å². The fourth-order valence-electron chi connectivity index (χ4n) is 4.14. The molecular formula is C22H28N4O3. The molecule has 154 valence electrons. The molecule has 2 fully saturated rings. The summed E-state index contributed by atoms with van der Waals surface area (Å²) in [7, 11) is 0. The Morgan fingerprint density at radius 1 is 1.14 bits per heavy atom. The molecule has 2 aromatic rings. The zero-order valence-corrected chi connectivity index (χ0v) is 16.8. The van der Waals surface area contributed by atoms with Gasteiger partial charge in [0, 0.05) is 25.7 Å². The number of nitrogens with zero attached hydrogens (tertiary/aromatic N) is 4. The van der Waals surface area contributed by atoms with Gasteiger partial charge in [0.05, 0.1) is 24.3 Å². The van der Waals surface area contributed by atoms with E-state index in [4.69, 9.17) is 19.2 Å². The molecule has 7 heteroatoms. The minimum Gasteiger partial charge on any atom is -0.494 e. The molecule has 1 atom stereocenters. The molecule has 0 aliphatic carbocycles. The molecule has 1 aromatic carbocycles. The first-order chi connectivity index (χ1) is 14.3. The standard InChI is InChI=1S/C22H28N4O3/c23-16-17-5-3-6-19(15-17)28-12-4-11-26-10-2-1-7-20(26)22-25-24-21(29-22)18-8-13-27-14-9-18/h3,5-6,15,18,20H,1-2,4,7-14H2. The van der Waals surface area contributed by atoms with E-state index >= 15 is 0 Å². The first kappa shape index (κ1) is 19.9. The van der Waals surface area contributed by atoms with Crippen molar-refractivity contribution in [1.82, 2.24) is 15.1 Å². The maximum absolute atomic E-state index is 8.99. The second-order valence-corrected chi connectivity index (χ2v) is 7.75. The van der Waals surface area contributed by atoms with Crippen LogP contribution in [-0.2, 0) is 4.74 Å². The molecule has 7 nitrogen and oxygen atoms in total. The van der Waals surface area contributed by atoms with E-state index in [9.17, 15) is 0 Å². The summed E-state index contributed by atoms with van der Waals surface area (Å²) in [6.07, 6.45) is 6.27. The lowest BCUT2D eigenvalue weighted by molar-refractivity contribution is 0.0769. The highest BCUT2D eigenvalue weighted by Gasteiger charge is 2.30. The second kappa shape index (κ2) is 9.86. The summed E-state index contributed by atoms with van der Waals surface area (Å²) in [5.41, 5.74) is 0.621. The Bertz CT molecular complexity index is 825. The molecule has 1 unspecified atom stereocenters. The van der Waals surface area contributed by atoms with Crippen LogP contribution in [0, 0.1) is 11.3 Å². The predicted molar refractivity (Wildman–Crippen MR) is 107 cm³/mol. The third-order valence-electron chi connectivity index (χ3n) is 5.75. The zero-order valence-electron chi connectivity index (χ0n) is 16.8. The Hall–Kier alpha value is -2.43. The summed E-state index contributed by atoms with van der Waals surface area (Å²) in [6.45, 7) is 4.14. The molecule has 2 aliphatic rings. The number of ether oxygens (including phenoxy) is 2. The lowest BCUT2D eigenvalue weighted by atomic mass is 10.0. The molecule has 2 saturated heterocycles. The maximum Gasteiger partial charge on any atom is 0.233 e. The summed E-state index contributed by atoms with van der Waals surface area (Å²) < 4.78 is 17.4. The zero-order chi connectivity index (χ0) is 19.9. The molecule has 0 amide bonds. The van der Waals surface area contributed by atoms with Crippen LogP contribution in [0.15, 0.2) is 28.7 Å². The van der Waals surface area contributed by atoms with Gasteiger partial charge in [-0.05, 0) is 56.8 Å². The number of rotatable bonds is 7. The second-order valence-electron chi connectivity index (χ2n) is 7.75. The molecule has 0 saturated carbocycles. The minimum atomic E-state index is 0.201. The summed E-state index contributed by atoms with van der Waals surface area (Å²) in [5.74, 6) is 2.61. The smallest absolute Gasteiger partial charge is 0.233 e. The largest absolute Gasteiger partial charge is 0.494 e. The third kappa shape index (κ3) is 5.14. The van der Waals surface area contributed by atoms with E-state index in [2.05, 4.69) is 21.2 Å². The van der Waals surface area contributed by atoms with Crippen molar-refractivity contribution in [2.24, 2.45) is 0 Å². The van der Waals surface area contributed by atoms with Crippen molar-refractivity contribution in [3.05, 3.63) is 41.6 Å². The lowest BCUT2D eigenvalue weighted by Gasteiger charge is -2.33. The van der Waals surface area contributed by atoms with Crippen molar-refractivity contribution in [1.29, 1.82) is 5.26 Å². The van der Waals surface area contributed by atoms with Gasteiger partial charge in [0.15, 0.2) is 0 Å². The number of hydrogen-bond donors (Lipinski definition) is 0. The van der Waals surface area contributed by atoms with E-state index in [-0.39, 0.29) is 6.04 Å². The van der Waals surface area contributed by atoms with Gasteiger partial charge in [-0.3, -0.25) is 4.90 Å². The van der Waals surface area contributed by atoms with E-state index in [1.54, 1.807) is 12.1 Å². The molecule has 2 aliphatic heterocycles. The summed E-state index contributed by atoms with van der Waals surface area (Å²) in [5, 5.41) is 17.7. The first-order valence-corrected chi connectivity index (χ1v) is 10.6. The highest BCUT2D eigenvalue weighted by Crippen LogP contribution is 2.33. The van der Waals surface area contributed by atoms with Crippen LogP contribution >= 0.6 is 0 Å². The van der Waals surface area contributed by atoms with Crippen LogP contribution in [0.5, 0.6) is 5.75 Å². The molecule has 0 bridgehead atoms. The van der Waals surface area contributed by atoms with Crippen molar-refractivity contribution in [3.8, 4) is 11.8 Å². The fraction of sp³-hybridized carbons (Fsp3) is 0.591. The Kier molecular flexibility index (Phi) is 6.75. The number of aromatic nitrogens is 2. The molecule has 0 radical (unpaired) electrons. The molecule has 29 heavy (non-hydrogen) atoms. The normalized spacial score (nSPS) is 21.0. The van der Waals surface area contributed by atoms with E-state index in [0.717, 1.165) is 69.5 Å². The topological polar surface area (TPSA) is 84.4 Å². The van der Waals surface area contributed by atoms with Gasteiger partial charge in [-0.25, -0.2) is 0 Å². The lowest BCUT2D eigenvalue weighted by Crippen LogP contribution is -2.35. The first-order valence-electron chi connectivity index (χ1n) is 10.6. The van der Waals surface area contributed by atoms with Gasteiger partial charge in [-0.1, -0.05) is 12.5 Å². The molecule has 0 spiro atoms. The molecule has 4 rings (SSSR count). The van der Waals surface area contributed by atoms with Gasteiger partial charge in [0.2, 0.25) is 11.8 Å². The van der Waals surface area contributed by atoms with Gasteiger partial charge in [0.1, 0.15) is 5.75 Å². The Balaban J connectivity index is 1.30. The van der Waals surface area contributed by atoms with Crippen molar-refractivity contribution in [2.45, 2.75) is 50.5 Å². The number of likely N-dealkylation sites (tertiary alicyclic amines) is 1. The van der Waals surface area contributed by atoms with Gasteiger partial charge in [-0.2, -0.15) is 5.26 Å². The van der Waals surface area contributed by atoms with Gasteiger partial charge >= 0.3 is 0 Å². The van der Waals surface area contributed by atoms with E-state index < -0.39 is 0 Å². The molecular weight excluding hydrogens is 368 g/mol. The average Bonchev–Trinajstić information content (AvgIpc) is 3.28. The molecule has 1 aromatic heterocycles. The van der Waals surface area contributed by atoms with Gasteiger partial charge in [-0.15, -0.1) is 10.2 Å².